The van der Waals surface area contributed by atoms with Crippen molar-refractivity contribution in [2.45, 2.75) is 50.9 Å². The van der Waals surface area contributed by atoms with E-state index in [1.807, 2.05) is 0 Å². The molecule has 2 unspecified atom stereocenters. The van der Waals surface area contributed by atoms with Crippen LogP contribution in [0.4, 0.5) is 0 Å². The van der Waals surface area contributed by atoms with Crippen LogP contribution in [-0.4, -0.2) is 97.5 Å². The summed E-state index contributed by atoms with van der Waals surface area (Å²) in [5, 5.41) is 37.2. The summed E-state index contributed by atoms with van der Waals surface area (Å²) in [7, 11) is 0. The summed E-state index contributed by atoms with van der Waals surface area (Å²) < 4.78 is 5.62. The summed E-state index contributed by atoms with van der Waals surface area (Å²) in [5.41, 5.74) is 1.10. The molecule has 2 bridgehead atoms. The van der Waals surface area contributed by atoms with Gasteiger partial charge in [0.15, 0.2) is 0 Å². The van der Waals surface area contributed by atoms with E-state index in [9.17, 15) is 29.4 Å². The molecule has 0 saturated heterocycles. The maximum Gasteiger partial charge on any atom is 0.320 e. The number of pyridine rings is 1. The predicted molar refractivity (Wildman–Crippen MR) is 120 cm³/mol. The minimum atomic E-state index is -1.13. The Bertz CT molecular complexity index is 791. The highest BCUT2D eigenvalue weighted by molar-refractivity contribution is 5.85. The lowest BCUT2D eigenvalue weighted by Crippen LogP contribution is -2.45. The third-order valence-corrected chi connectivity index (χ3v) is 5.36. The highest BCUT2D eigenvalue weighted by Crippen LogP contribution is 2.16. The average molecular weight is 504 g/mol. The Morgan fingerprint density at radius 3 is 1.59 bits per heavy atom. The molecule has 2 atom stereocenters. The van der Waals surface area contributed by atoms with Gasteiger partial charge in [0.25, 0.3) is 0 Å². The topological polar surface area (TPSA) is 178 Å². The Labute approximate surface area is 202 Å². The van der Waals surface area contributed by atoms with E-state index in [4.69, 9.17) is 14.9 Å². The molecule has 0 fully saturated rings. The number of aromatic nitrogens is 1. The second-order valence-electron chi connectivity index (χ2n) is 7.75. The fraction of sp³-hybridized carbons (Fsp3) is 0.571. The molecule has 1 aromatic rings. The van der Waals surface area contributed by atoms with Crippen molar-refractivity contribution < 1.29 is 44.3 Å². The van der Waals surface area contributed by atoms with Gasteiger partial charge >= 0.3 is 23.9 Å². The van der Waals surface area contributed by atoms with Gasteiger partial charge in [0, 0.05) is 39.0 Å². The number of halogens is 1. The number of ether oxygens (including phenoxy) is 1. The lowest BCUT2D eigenvalue weighted by atomic mass is 10.1. The summed E-state index contributed by atoms with van der Waals surface area (Å²) in [6.07, 6.45) is -0.711. The molecule has 2 rings (SSSR count). The van der Waals surface area contributed by atoms with Crippen LogP contribution in [0.15, 0.2) is 18.2 Å². The maximum atomic E-state index is 11.8. The molecule has 0 spiro atoms. The standard InChI is InChI=1S/C21H29N3O9.ClH/c25-18(26)6-4-16(20(29)30)23-8-10-33-11-9-24(17(21(31)32)5-7-19(27)28)13-15-3-1-2-14(12-23)22-15;/h1-3,16-17H,4-13H2,(H,25,26)(H,27,28)(H,29,30)(H,31,32);1H. The number of nitrogens with zero attached hydrogens (tertiary/aromatic N) is 3. The van der Waals surface area contributed by atoms with Gasteiger partial charge in [-0.3, -0.25) is 34.0 Å². The lowest BCUT2D eigenvalue weighted by Gasteiger charge is -2.31. The summed E-state index contributed by atoms with van der Waals surface area (Å²) in [4.78, 5) is 53.3. The Morgan fingerprint density at radius 2 is 1.24 bits per heavy atom. The number of hydrogen-bond donors (Lipinski definition) is 4. The minimum Gasteiger partial charge on any atom is -0.481 e. The summed E-state index contributed by atoms with van der Waals surface area (Å²) in [5.74, 6) is -4.42. The molecule has 13 heteroatoms. The first-order valence-electron chi connectivity index (χ1n) is 10.6. The molecular formula is C21H30ClN3O9. The monoisotopic (exact) mass is 503 g/mol. The number of carboxylic acid groups (broad SMARTS) is 4. The van der Waals surface area contributed by atoms with E-state index in [1.54, 1.807) is 28.0 Å². The summed E-state index contributed by atoms with van der Waals surface area (Å²) >= 11 is 0. The smallest absolute Gasteiger partial charge is 0.320 e. The highest BCUT2D eigenvalue weighted by atomic mass is 35.5. The van der Waals surface area contributed by atoms with Gasteiger partial charge in [-0.2, -0.15) is 0 Å². The normalized spacial score (nSPS) is 17.3. The van der Waals surface area contributed by atoms with Crippen LogP contribution < -0.4 is 0 Å². The second kappa shape index (κ2) is 14.5. The van der Waals surface area contributed by atoms with Crippen LogP contribution in [0, 0.1) is 0 Å². The molecule has 4 N–H and O–H groups in total. The van der Waals surface area contributed by atoms with Crippen LogP contribution in [0.5, 0.6) is 0 Å². The van der Waals surface area contributed by atoms with Crippen LogP contribution in [0.1, 0.15) is 37.1 Å². The van der Waals surface area contributed by atoms with Crippen molar-refractivity contribution in [3.05, 3.63) is 29.6 Å². The van der Waals surface area contributed by atoms with Crippen molar-refractivity contribution in [3.8, 4) is 0 Å². The van der Waals surface area contributed by atoms with E-state index in [2.05, 4.69) is 4.98 Å². The van der Waals surface area contributed by atoms with E-state index in [-0.39, 0.29) is 77.5 Å². The Hall–Kier alpha value is -2.80. The number of fused-ring (bicyclic) bond motifs is 2. The zero-order chi connectivity index (χ0) is 24.4. The van der Waals surface area contributed by atoms with Gasteiger partial charge in [-0.15, -0.1) is 12.4 Å². The Morgan fingerprint density at radius 1 is 0.824 bits per heavy atom. The summed E-state index contributed by atoms with van der Waals surface area (Å²) in [6, 6.07) is 3.10. The molecule has 0 saturated carbocycles. The molecule has 2 heterocycles. The fourth-order valence-corrected chi connectivity index (χ4v) is 3.72. The van der Waals surface area contributed by atoms with Gasteiger partial charge < -0.3 is 25.2 Å². The van der Waals surface area contributed by atoms with Crippen molar-refractivity contribution >= 4 is 36.3 Å². The third kappa shape index (κ3) is 9.59. The molecule has 1 aliphatic heterocycles. The molecule has 0 aliphatic carbocycles. The SMILES string of the molecule is Cl.O=C(O)CCC(C(=O)O)N1CCOCCN(C(CCC(=O)O)C(=O)O)Cc2cccc(n2)C1. The van der Waals surface area contributed by atoms with Gasteiger partial charge in [-0.25, -0.2) is 0 Å². The molecule has 0 aromatic carbocycles. The van der Waals surface area contributed by atoms with Gasteiger partial charge in [0.05, 0.1) is 24.6 Å². The second-order valence-corrected chi connectivity index (χ2v) is 7.75. The quantitative estimate of drug-likeness (QED) is 0.353. The first-order valence-corrected chi connectivity index (χ1v) is 10.6. The van der Waals surface area contributed by atoms with E-state index >= 15 is 0 Å². The number of hydrogen-bond acceptors (Lipinski definition) is 8. The fourth-order valence-electron chi connectivity index (χ4n) is 3.72. The predicted octanol–water partition coefficient (Wildman–Crippen LogP) is 0.774. The lowest BCUT2D eigenvalue weighted by molar-refractivity contribution is -0.146. The summed E-state index contributed by atoms with van der Waals surface area (Å²) in [6.45, 7) is 1.02. The van der Waals surface area contributed by atoms with E-state index in [1.165, 1.54) is 0 Å². The molecule has 0 radical (unpaired) electrons. The Kier molecular flexibility index (Phi) is 12.4. The molecule has 1 aliphatic rings. The van der Waals surface area contributed by atoms with Crippen LogP contribution in [0.3, 0.4) is 0 Å². The molecule has 12 nitrogen and oxygen atoms in total. The van der Waals surface area contributed by atoms with E-state index in [0.29, 0.717) is 11.4 Å². The van der Waals surface area contributed by atoms with Crippen LogP contribution in [-0.2, 0) is 37.0 Å². The van der Waals surface area contributed by atoms with Crippen molar-refractivity contribution in [2.75, 3.05) is 26.3 Å². The third-order valence-electron chi connectivity index (χ3n) is 5.36. The van der Waals surface area contributed by atoms with Gasteiger partial charge in [0.2, 0.25) is 0 Å². The zero-order valence-electron chi connectivity index (χ0n) is 18.5. The largest absolute Gasteiger partial charge is 0.481 e. The number of carboxylic acids is 4. The van der Waals surface area contributed by atoms with Gasteiger partial charge in [-0.05, 0) is 25.0 Å². The molecular weight excluding hydrogens is 474 g/mol. The van der Waals surface area contributed by atoms with Gasteiger partial charge in [-0.1, -0.05) is 6.07 Å². The molecule has 190 valence electrons. The average Bonchev–Trinajstić information content (AvgIpc) is 2.71. The van der Waals surface area contributed by atoms with Crippen molar-refractivity contribution in [3.63, 3.8) is 0 Å². The number of aliphatic carboxylic acids is 4. The molecule has 0 amide bonds. The minimum absolute atomic E-state index is 0. The van der Waals surface area contributed by atoms with Gasteiger partial charge in [0.1, 0.15) is 12.1 Å². The van der Waals surface area contributed by atoms with Crippen molar-refractivity contribution in [1.29, 1.82) is 0 Å². The Balaban J connectivity index is 0.00000578. The first kappa shape index (κ1) is 29.2. The van der Waals surface area contributed by atoms with Crippen molar-refractivity contribution in [1.82, 2.24) is 14.8 Å². The van der Waals surface area contributed by atoms with E-state index in [0.717, 1.165) is 0 Å². The van der Waals surface area contributed by atoms with Crippen LogP contribution in [0.2, 0.25) is 0 Å². The molecule has 1 aromatic heterocycles. The molecule has 34 heavy (non-hydrogen) atoms. The van der Waals surface area contributed by atoms with Crippen molar-refractivity contribution in [2.24, 2.45) is 0 Å². The first-order chi connectivity index (χ1) is 15.7. The zero-order valence-corrected chi connectivity index (χ0v) is 19.4. The van der Waals surface area contributed by atoms with E-state index < -0.39 is 36.0 Å². The highest BCUT2D eigenvalue weighted by Gasteiger charge is 2.29. The maximum absolute atomic E-state index is 11.8. The van der Waals surface area contributed by atoms with Crippen LogP contribution in [0.25, 0.3) is 0 Å². The number of rotatable bonds is 10. The van der Waals surface area contributed by atoms with Crippen LogP contribution >= 0.6 is 12.4 Å². The number of carbonyl (C=O) groups is 4.